The Kier molecular flexibility index (Phi) is 27.0. The molecule has 0 heterocycles. The molecule has 0 saturated heterocycles. The quantitative estimate of drug-likeness (QED) is 0.284. The van der Waals surface area contributed by atoms with Gasteiger partial charge in [0.05, 0.1) is 0 Å². The van der Waals surface area contributed by atoms with Gasteiger partial charge in [0, 0.05) is 0 Å². The van der Waals surface area contributed by atoms with Crippen LogP contribution < -0.4 is 73.8 Å². The SMILES string of the molecule is O=P([O-])([O-])[O-].[Mn+2].[Na+].[Na+]. The molecule has 8 heteroatoms. The molecule has 0 saturated carbocycles. The van der Waals surface area contributed by atoms with Crippen LogP contribution in [0.25, 0.3) is 0 Å². The van der Waals surface area contributed by atoms with E-state index < -0.39 is 7.82 Å². The van der Waals surface area contributed by atoms with Crippen molar-refractivity contribution >= 4 is 7.82 Å². The first-order chi connectivity index (χ1) is 2.00. The summed E-state index contributed by atoms with van der Waals surface area (Å²) in [5.41, 5.74) is 0. The van der Waals surface area contributed by atoms with E-state index in [1.165, 1.54) is 0 Å². The summed E-state index contributed by atoms with van der Waals surface area (Å²) in [7, 11) is -5.39. The average molecular weight is 196 g/mol. The van der Waals surface area contributed by atoms with E-state index in [1.54, 1.807) is 0 Å². The van der Waals surface area contributed by atoms with Gasteiger partial charge in [-0.3, -0.25) is 0 Å². The number of phosphoric acid groups is 1. The fraction of sp³-hybridized carbons (Fsp3) is 0. The van der Waals surface area contributed by atoms with Crippen molar-refractivity contribution in [2.75, 3.05) is 0 Å². The maximum atomic E-state index is 8.55. The standard InChI is InChI=1S/Mn.2Na.H3O4P/c;;;1-5(2,3)4/h;;;(H3,1,2,3,4)/q+2;2*+1;/p-3. The zero-order valence-corrected chi connectivity index (χ0v) is 10.5. The van der Waals surface area contributed by atoms with Gasteiger partial charge in [-0.1, -0.05) is 0 Å². The first-order valence-corrected chi connectivity index (χ1v) is 2.19. The van der Waals surface area contributed by atoms with Crippen molar-refractivity contribution in [1.82, 2.24) is 0 Å². The van der Waals surface area contributed by atoms with E-state index >= 15 is 0 Å². The van der Waals surface area contributed by atoms with Crippen molar-refractivity contribution in [3.8, 4) is 0 Å². The molecule has 0 aliphatic rings. The van der Waals surface area contributed by atoms with Gasteiger partial charge < -0.3 is 19.2 Å². The van der Waals surface area contributed by atoms with Crippen molar-refractivity contribution in [3.05, 3.63) is 0 Å². The summed E-state index contributed by atoms with van der Waals surface area (Å²) in [5.74, 6) is 0. The molecule has 0 unspecified atom stereocenters. The summed E-state index contributed by atoms with van der Waals surface area (Å²) in [6, 6.07) is 0. The fourth-order valence-corrected chi connectivity index (χ4v) is 0. The Balaban J connectivity index is -0.0000000267. The monoisotopic (exact) mass is 196 g/mol. The summed E-state index contributed by atoms with van der Waals surface area (Å²) in [6.45, 7) is 0. The molecular formula is MnNa2O4P+. The summed E-state index contributed by atoms with van der Waals surface area (Å²) < 4.78 is 8.55. The van der Waals surface area contributed by atoms with Gasteiger partial charge in [0.1, 0.15) is 0 Å². The second-order valence-electron chi connectivity index (χ2n) is 0.447. The first kappa shape index (κ1) is 22.4. The van der Waals surface area contributed by atoms with Crippen LogP contribution in [0.5, 0.6) is 0 Å². The smallest absolute Gasteiger partial charge is 0.822 e. The Labute approximate surface area is 102 Å². The largest absolute Gasteiger partial charge is 2.00 e. The van der Waals surface area contributed by atoms with Crippen LogP contribution in [-0.2, 0) is 21.6 Å². The molecule has 0 amide bonds. The minimum Gasteiger partial charge on any atom is -0.822 e. The molecule has 0 rings (SSSR count). The third kappa shape index (κ3) is 72.6. The first-order valence-electron chi connectivity index (χ1n) is 0.730. The Morgan fingerprint density at radius 3 is 1.00 bits per heavy atom. The second-order valence-corrected chi connectivity index (χ2v) is 1.34. The van der Waals surface area contributed by atoms with Gasteiger partial charge >= 0.3 is 76.2 Å². The predicted octanol–water partition coefficient (Wildman–Crippen LogP) is -8.82. The van der Waals surface area contributed by atoms with Crippen LogP contribution in [0.3, 0.4) is 0 Å². The van der Waals surface area contributed by atoms with Crippen molar-refractivity contribution < 1.29 is 95.4 Å². The summed E-state index contributed by atoms with van der Waals surface area (Å²) in [5, 5.41) is 0. The van der Waals surface area contributed by atoms with Gasteiger partial charge in [-0.15, -0.1) is 0 Å². The maximum absolute atomic E-state index is 8.55. The molecule has 0 atom stereocenters. The zero-order valence-electron chi connectivity index (χ0n) is 4.46. The van der Waals surface area contributed by atoms with Crippen LogP contribution in [0.2, 0.25) is 0 Å². The number of hydrogen-bond donors (Lipinski definition) is 0. The molecule has 0 aromatic rings. The van der Waals surface area contributed by atoms with E-state index in [0.29, 0.717) is 0 Å². The summed E-state index contributed by atoms with van der Waals surface area (Å²) >= 11 is 0. The minimum atomic E-state index is -5.39. The van der Waals surface area contributed by atoms with Crippen LogP contribution in [0, 0.1) is 0 Å². The molecule has 4 nitrogen and oxygen atoms in total. The molecule has 0 bridgehead atoms. The average Bonchev–Trinajstić information content (AvgIpc) is 0.722. The molecule has 0 spiro atoms. The van der Waals surface area contributed by atoms with Gasteiger partial charge in [0.15, 0.2) is 0 Å². The zero-order chi connectivity index (χ0) is 4.50. The minimum absolute atomic E-state index is 0. The van der Waals surface area contributed by atoms with Crippen LogP contribution in [0.1, 0.15) is 0 Å². The fourth-order valence-electron chi connectivity index (χ4n) is 0. The van der Waals surface area contributed by atoms with Crippen LogP contribution >= 0.6 is 7.82 Å². The Hall–Kier alpha value is 2.63. The van der Waals surface area contributed by atoms with Gasteiger partial charge in [-0.05, 0) is 0 Å². The normalized spacial score (nSPS) is 7.38. The van der Waals surface area contributed by atoms with Crippen LogP contribution in [0.4, 0.5) is 0 Å². The topological polar surface area (TPSA) is 86.2 Å². The molecule has 0 aliphatic carbocycles. The molecule has 8 heavy (non-hydrogen) atoms. The van der Waals surface area contributed by atoms with Crippen molar-refractivity contribution in [2.24, 2.45) is 0 Å². The molecule has 0 aromatic heterocycles. The molecule has 0 fully saturated rings. The van der Waals surface area contributed by atoms with E-state index in [4.69, 9.17) is 19.2 Å². The van der Waals surface area contributed by atoms with Gasteiger partial charge in [0.25, 0.3) is 0 Å². The van der Waals surface area contributed by atoms with Crippen LogP contribution in [0.15, 0.2) is 0 Å². The summed E-state index contributed by atoms with van der Waals surface area (Å²) in [4.78, 5) is 25.6. The van der Waals surface area contributed by atoms with E-state index in [1.807, 2.05) is 0 Å². The van der Waals surface area contributed by atoms with Gasteiger partial charge in [0.2, 0.25) is 0 Å². The van der Waals surface area contributed by atoms with Crippen LogP contribution in [-0.4, -0.2) is 0 Å². The van der Waals surface area contributed by atoms with Gasteiger partial charge in [-0.2, -0.15) is 7.82 Å². The number of rotatable bonds is 0. The maximum Gasteiger partial charge on any atom is 2.00 e. The van der Waals surface area contributed by atoms with E-state index in [0.717, 1.165) is 0 Å². The molecule has 0 aliphatic heterocycles. The molecule has 0 aromatic carbocycles. The second kappa shape index (κ2) is 9.63. The molecule has 1 radical (unpaired) electrons. The van der Waals surface area contributed by atoms with Crippen molar-refractivity contribution in [1.29, 1.82) is 0 Å². The predicted molar refractivity (Wildman–Crippen MR) is 7.61 cm³/mol. The number of hydrogen-bond acceptors (Lipinski definition) is 4. The van der Waals surface area contributed by atoms with Gasteiger partial charge in [-0.25, -0.2) is 0 Å². The van der Waals surface area contributed by atoms with Crippen molar-refractivity contribution in [2.45, 2.75) is 0 Å². The summed E-state index contributed by atoms with van der Waals surface area (Å²) in [6.07, 6.45) is 0. The van der Waals surface area contributed by atoms with E-state index in [2.05, 4.69) is 0 Å². The molecule has 0 N–H and O–H groups in total. The Morgan fingerprint density at radius 2 is 1.00 bits per heavy atom. The van der Waals surface area contributed by atoms with E-state index in [-0.39, 0.29) is 76.2 Å². The Morgan fingerprint density at radius 1 is 1.00 bits per heavy atom. The molecular weight excluding hydrogens is 196 g/mol. The third-order valence-corrected chi connectivity index (χ3v) is 0. The Bertz CT molecular complexity index is 60.2. The van der Waals surface area contributed by atoms with E-state index in [9.17, 15) is 0 Å². The molecule has 37 valence electrons. The third-order valence-electron chi connectivity index (χ3n) is 0. The van der Waals surface area contributed by atoms with Crippen molar-refractivity contribution in [3.63, 3.8) is 0 Å².